The molecule has 6 heteroatoms. The second-order valence-corrected chi connectivity index (χ2v) is 10.4. The first-order valence-corrected chi connectivity index (χ1v) is 12.9. The maximum absolute atomic E-state index is 13.5. The number of piperidine rings is 1. The monoisotopic (exact) mass is 493 g/mol. The minimum atomic E-state index is -0.357. The molecule has 0 aromatic heterocycles. The Balaban J connectivity index is 1.58. The highest BCUT2D eigenvalue weighted by Crippen LogP contribution is 2.43. The molecule has 1 spiro atoms. The van der Waals surface area contributed by atoms with Crippen molar-refractivity contribution in [2.75, 3.05) is 27.2 Å². The summed E-state index contributed by atoms with van der Waals surface area (Å²) in [7, 11) is 3.81. The lowest BCUT2D eigenvalue weighted by atomic mass is 9.80. The van der Waals surface area contributed by atoms with Gasteiger partial charge in [-0.15, -0.1) is 23.9 Å². The Morgan fingerprint density at radius 3 is 2.77 bits per heavy atom. The molecule has 1 fully saturated rings. The molecule has 3 atom stereocenters. The molecule has 0 saturated carbocycles. The van der Waals surface area contributed by atoms with Gasteiger partial charge in [0.15, 0.2) is 0 Å². The number of fused-ring (bicyclic) bond motifs is 1. The fourth-order valence-electron chi connectivity index (χ4n) is 5.84. The third-order valence-electron chi connectivity index (χ3n) is 7.58. The zero-order valence-corrected chi connectivity index (χ0v) is 21.9. The van der Waals surface area contributed by atoms with Gasteiger partial charge in [-0.3, -0.25) is 9.79 Å². The summed E-state index contributed by atoms with van der Waals surface area (Å²) >= 11 is 6.44. The van der Waals surface area contributed by atoms with E-state index in [1.165, 1.54) is 0 Å². The molecular weight excluding hydrogens is 458 g/mol. The molecule has 4 rings (SSSR count). The number of hydrogen-bond donors (Lipinski definition) is 0. The van der Waals surface area contributed by atoms with Gasteiger partial charge in [0.05, 0.1) is 22.9 Å². The number of halogens is 1. The molecule has 5 nitrogen and oxygen atoms in total. The molecule has 35 heavy (non-hydrogen) atoms. The molecule has 0 bridgehead atoms. The normalized spacial score (nSPS) is 28.9. The first kappa shape index (κ1) is 25.5. The average Bonchev–Trinajstić information content (AvgIpc) is 2.85. The van der Waals surface area contributed by atoms with E-state index in [-0.39, 0.29) is 28.8 Å². The van der Waals surface area contributed by atoms with E-state index in [0.29, 0.717) is 19.5 Å². The number of carbonyl (C=O) groups excluding carboxylic acids is 1. The standard InChI is InChI=1S/C29H36ClN3O2/c1-6-8-10-26-29(31-24-12-11-23(30)19-25(24)32(26)4)13-15-33(16-14-29)28(34)22-17-20(3)27(35-5)21(18-22)9-7-2/h7-8,10,17-20,23,27H,1-2,9,11-16H2,3-5H3. The Bertz CT molecular complexity index is 1080. The maximum Gasteiger partial charge on any atom is 0.253 e. The summed E-state index contributed by atoms with van der Waals surface area (Å²) in [5.41, 5.74) is 7.69. The number of hydrogen-bond acceptors (Lipinski definition) is 4. The summed E-state index contributed by atoms with van der Waals surface area (Å²) in [4.78, 5) is 23.0. The zero-order chi connectivity index (χ0) is 25.2. The first-order valence-electron chi connectivity index (χ1n) is 12.4. The minimum Gasteiger partial charge on any atom is -0.376 e. The predicted octanol–water partition coefficient (Wildman–Crippen LogP) is 5.34. The third-order valence-corrected chi connectivity index (χ3v) is 7.93. The van der Waals surface area contributed by atoms with Gasteiger partial charge in [-0.1, -0.05) is 25.7 Å². The summed E-state index contributed by atoms with van der Waals surface area (Å²) in [5.74, 6) is 0.218. The summed E-state index contributed by atoms with van der Waals surface area (Å²) in [6.45, 7) is 11.0. The van der Waals surface area contributed by atoms with E-state index in [4.69, 9.17) is 21.3 Å². The van der Waals surface area contributed by atoms with E-state index < -0.39 is 0 Å². The van der Waals surface area contributed by atoms with Gasteiger partial charge in [0.2, 0.25) is 0 Å². The molecule has 186 valence electrons. The summed E-state index contributed by atoms with van der Waals surface area (Å²) in [6.07, 6.45) is 15.9. The van der Waals surface area contributed by atoms with Gasteiger partial charge in [-0.2, -0.15) is 0 Å². The van der Waals surface area contributed by atoms with Crippen molar-refractivity contribution in [3.63, 3.8) is 0 Å². The van der Waals surface area contributed by atoms with Crippen LogP contribution in [-0.2, 0) is 9.53 Å². The maximum atomic E-state index is 13.5. The quantitative estimate of drug-likeness (QED) is 0.295. The van der Waals surface area contributed by atoms with E-state index in [2.05, 4.69) is 49.9 Å². The summed E-state index contributed by atoms with van der Waals surface area (Å²) in [6, 6.07) is 0. The highest BCUT2D eigenvalue weighted by atomic mass is 35.5. The van der Waals surface area contributed by atoms with Gasteiger partial charge >= 0.3 is 0 Å². The van der Waals surface area contributed by atoms with Gasteiger partial charge < -0.3 is 14.5 Å². The van der Waals surface area contributed by atoms with Crippen LogP contribution in [0.25, 0.3) is 0 Å². The van der Waals surface area contributed by atoms with Gasteiger partial charge in [-0.05, 0) is 62.0 Å². The van der Waals surface area contributed by atoms with E-state index in [1.54, 1.807) is 7.11 Å². The number of likely N-dealkylation sites (tertiary alicyclic amines) is 1. The molecule has 3 unspecified atom stereocenters. The summed E-state index contributed by atoms with van der Waals surface area (Å²) < 4.78 is 5.68. The number of allylic oxidation sites excluding steroid dienone is 5. The number of aliphatic imine (C=N–C) groups is 1. The van der Waals surface area contributed by atoms with E-state index in [0.717, 1.165) is 53.9 Å². The van der Waals surface area contributed by atoms with Crippen molar-refractivity contribution in [2.45, 2.75) is 56.0 Å². The Morgan fingerprint density at radius 1 is 1.37 bits per heavy atom. The predicted molar refractivity (Wildman–Crippen MR) is 143 cm³/mol. The zero-order valence-electron chi connectivity index (χ0n) is 21.1. The molecule has 2 aliphatic heterocycles. The van der Waals surface area contributed by atoms with Gasteiger partial charge in [-0.25, -0.2) is 0 Å². The van der Waals surface area contributed by atoms with Crippen molar-refractivity contribution < 1.29 is 9.53 Å². The van der Waals surface area contributed by atoms with Crippen LogP contribution < -0.4 is 0 Å². The lowest BCUT2D eigenvalue weighted by Crippen LogP contribution is -2.52. The third kappa shape index (κ3) is 4.91. The van der Waals surface area contributed by atoms with Crippen LogP contribution in [0.3, 0.4) is 0 Å². The van der Waals surface area contributed by atoms with Crippen LogP contribution in [0.4, 0.5) is 0 Å². The Hall–Kier alpha value is -2.59. The number of methoxy groups -OCH3 is 1. The highest BCUT2D eigenvalue weighted by molar-refractivity contribution is 6.23. The number of nitrogens with zero attached hydrogens (tertiary/aromatic N) is 3. The van der Waals surface area contributed by atoms with Crippen LogP contribution in [0.2, 0.25) is 0 Å². The molecule has 0 radical (unpaired) electrons. The Labute approximate surface area is 214 Å². The van der Waals surface area contributed by atoms with Gasteiger partial charge in [0.1, 0.15) is 5.54 Å². The molecule has 0 aromatic rings. The average molecular weight is 494 g/mol. The fraction of sp³-hybridized carbons (Fsp3) is 0.483. The van der Waals surface area contributed by atoms with Gasteiger partial charge in [0, 0.05) is 44.4 Å². The molecule has 2 aliphatic carbocycles. The van der Waals surface area contributed by atoms with Crippen molar-refractivity contribution in [1.29, 1.82) is 0 Å². The van der Waals surface area contributed by atoms with Crippen LogP contribution in [0.1, 0.15) is 39.0 Å². The fourth-order valence-corrected chi connectivity index (χ4v) is 6.07. The molecule has 1 saturated heterocycles. The first-order chi connectivity index (χ1) is 16.8. The second-order valence-electron chi connectivity index (χ2n) is 9.82. The smallest absolute Gasteiger partial charge is 0.253 e. The van der Waals surface area contributed by atoms with E-state index in [1.807, 2.05) is 29.2 Å². The van der Waals surface area contributed by atoms with E-state index in [9.17, 15) is 4.79 Å². The molecule has 0 N–H and O–H groups in total. The van der Waals surface area contributed by atoms with Crippen LogP contribution in [-0.4, -0.2) is 65.7 Å². The largest absolute Gasteiger partial charge is 0.376 e. The number of rotatable bonds is 5. The number of amides is 1. The van der Waals surface area contributed by atoms with Crippen molar-refractivity contribution in [3.05, 3.63) is 77.9 Å². The highest BCUT2D eigenvalue weighted by Gasteiger charge is 2.45. The lowest BCUT2D eigenvalue weighted by molar-refractivity contribution is -0.128. The van der Waals surface area contributed by atoms with Crippen LogP contribution in [0, 0.1) is 5.92 Å². The van der Waals surface area contributed by atoms with Crippen molar-refractivity contribution >= 4 is 23.2 Å². The number of likely N-dealkylation sites (N-methyl/N-ethyl adjacent to an activating group) is 1. The van der Waals surface area contributed by atoms with Gasteiger partial charge in [0.25, 0.3) is 5.91 Å². The minimum absolute atomic E-state index is 0.0151. The number of alkyl halides is 1. The Morgan fingerprint density at radius 2 is 2.11 bits per heavy atom. The van der Waals surface area contributed by atoms with Crippen molar-refractivity contribution in [3.8, 4) is 0 Å². The van der Waals surface area contributed by atoms with Crippen molar-refractivity contribution in [1.82, 2.24) is 9.80 Å². The number of ether oxygens (including phenoxy) is 1. The lowest BCUT2D eigenvalue weighted by Gasteiger charge is -2.48. The topological polar surface area (TPSA) is 45.1 Å². The second kappa shape index (κ2) is 10.6. The van der Waals surface area contributed by atoms with E-state index >= 15 is 0 Å². The molecule has 2 heterocycles. The molecule has 0 aromatic carbocycles. The van der Waals surface area contributed by atoms with Crippen molar-refractivity contribution in [2.24, 2.45) is 10.9 Å². The van der Waals surface area contributed by atoms with Crippen LogP contribution >= 0.6 is 11.6 Å². The SMILES string of the molecule is C=C=CC=C1N(C)C2=CC(Cl)CCC2=NC12CCN(C(=O)C1=CC(C)C(OC)C(CC=C)=C1)CC2. The molecule has 4 aliphatic rings. The number of carbonyl (C=O) groups is 1. The summed E-state index contributed by atoms with van der Waals surface area (Å²) in [5, 5.41) is 0.0269. The Kier molecular flexibility index (Phi) is 7.70. The van der Waals surface area contributed by atoms with Crippen LogP contribution in [0.5, 0.6) is 0 Å². The molecular formula is C29H36ClN3O2. The molecule has 1 amide bonds. The van der Waals surface area contributed by atoms with Crippen LogP contribution in [0.15, 0.2) is 82.9 Å².